The molecule has 0 aliphatic carbocycles. The zero-order valence-electron chi connectivity index (χ0n) is 20.9. The maximum absolute atomic E-state index is 13.0. The summed E-state index contributed by atoms with van der Waals surface area (Å²) in [6.45, 7) is 1.45. The zero-order valence-corrected chi connectivity index (χ0v) is 21.8. The summed E-state index contributed by atoms with van der Waals surface area (Å²) in [5.41, 5.74) is 0.506. The topological polar surface area (TPSA) is 229 Å². The lowest BCUT2D eigenvalue weighted by Crippen LogP contribution is -2.54. The second kappa shape index (κ2) is 16.4. The highest BCUT2D eigenvalue weighted by molar-refractivity contribution is 7.46. The molecule has 212 valence electrons. The average molecular weight is 560 g/mol. The lowest BCUT2D eigenvalue weighted by atomic mass is 10.0. The van der Waals surface area contributed by atoms with Crippen LogP contribution >= 0.6 is 7.82 Å². The summed E-state index contributed by atoms with van der Waals surface area (Å²) in [7, 11) is -4.75. The van der Waals surface area contributed by atoms with E-state index in [1.54, 1.807) is 0 Å². The van der Waals surface area contributed by atoms with E-state index in [0.29, 0.717) is 31.2 Å². The molecule has 38 heavy (non-hydrogen) atoms. The second-order valence-electron chi connectivity index (χ2n) is 8.53. The summed E-state index contributed by atoms with van der Waals surface area (Å²) in [5, 5.41) is 25.3. The molecule has 1 aromatic carbocycles. The van der Waals surface area contributed by atoms with Crippen molar-refractivity contribution in [2.75, 3.05) is 6.54 Å². The van der Waals surface area contributed by atoms with Crippen molar-refractivity contribution in [1.82, 2.24) is 16.0 Å². The van der Waals surface area contributed by atoms with Crippen molar-refractivity contribution < 1.29 is 53.1 Å². The van der Waals surface area contributed by atoms with Crippen LogP contribution in [-0.2, 0) is 35.0 Å². The Morgan fingerprint density at radius 2 is 1.45 bits per heavy atom. The van der Waals surface area contributed by atoms with Gasteiger partial charge in [-0.1, -0.05) is 25.0 Å². The Morgan fingerprint density at radius 1 is 0.842 bits per heavy atom. The van der Waals surface area contributed by atoms with Crippen LogP contribution in [0.25, 0.3) is 0 Å². The minimum Gasteiger partial charge on any atom is -0.481 e. The Kier molecular flexibility index (Phi) is 14.0. The van der Waals surface area contributed by atoms with Gasteiger partial charge in [-0.3, -0.25) is 33.8 Å². The average Bonchev–Trinajstić information content (AvgIpc) is 2.80. The largest absolute Gasteiger partial charge is 0.524 e. The van der Waals surface area contributed by atoms with Crippen molar-refractivity contribution in [3.63, 3.8) is 0 Å². The summed E-state index contributed by atoms with van der Waals surface area (Å²) < 4.78 is 15.4. The molecule has 0 spiro atoms. The number of unbranched alkanes of at least 4 members (excludes halogenated alkanes) is 3. The maximum Gasteiger partial charge on any atom is 0.524 e. The van der Waals surface area contributed by atoms with Crippen molar-refractivity contribution in [2.24, 2.45) is 0 Å². The van der Waals surface area contributed by atoms with Gasteiger partial charge in [0.1, 0.15) is 17.8 Å². The number of carboxylic acid groups (broad SMARTS) is 2. The van der Waals surface area contributed by atoms with E-state index in [4.69, 9.17) is 20.0 Å². The van der Waals surface area contributed by atoms with Gasteiger partial charge in [0.05, 0.1) is 0 Å². The van der Waals surface area contributed by atoms with E-state index in [1.165, 1.54) is 31.2 Å². The van der Waals surface area contributed by atoms with Crippen molar-refractivity contribution in [3.8, 4) is 5.75 Å². The van der Waals surface area contributed by atoms with Crippen LogP contribution in [0.5, 0.6) is 5.75 Å². The SMILES string of the molecule is CC(=O)N[C@@H](Cc1ccc(OP(=O)(O)O)cc1)C(=O)N[C@@H](CCC(=O)O)C(=O)NCCCCCCC(=O)O. The normalized spacial score (nSPS) is 12.6. The number of carbonyl (C=O) groups excluding carboxylic acids is 3. The molecule has 3 amide bonds. The molecule has 1 aromatic rings. The third-order valence-electron chi connectivity index (χ3n) is 5.18. The Morgan fingerprint density at radius 3 is 2.00 bits per heavy atom. The van der Waals surface area contributed by atoms with E-state index >= 15 is 0 Å². The minimum absolute atomic E-state index is 0.0365. The number of hydrogen-bond donors (Lipinski definition) is 7. The summed E-state index contributed by atoms with van der Waals surface area (Å²) >= 11 is 0. The predicted molar refractivity (Wildman–Crippen MR) is 133 cm³/mol. The number of phosphoric ester groups is 1. The number of hydrogen-bond acceptors (Lipinski definition) is 7. The fourth-order valence-corrected chi connectivity index (χ4v) is 3.81. The molecule has 15 heteroatoms. The quantitative estimate of drug-likeness (QED) is 0.0978. The predicted octanol–water partition coefficient (Wildman–Crippen LogP) is 0.706. The number of carboxylic acids is 2. The number of benzene rings is 1. The van der Waals surface area contributed by atoms with Gasteiger partial charge >= 0.3 is 19.8 Å². The minimum atomic E-state index is -4.75. The molecule has 7 N–H and O–H groups in total. The third kappa shape index (κ3) is 14.9. The monoisotopic (exact) mass is 559 g/mol. The first kappa shape index (κ1) is 32.5. The Bertz CT molecular complexity index is 1010. The Hall–Kier alpha value is -3.48. The van der Waals surface area contributed by atoms with Crippen molar-refractivity contribution >= 4 is 37.5 Å². The van der Waals surface area contributed by atoms with E-state index in [0.717, 1.165) is 0 Å². The van der Waals surface area contributed by atoms with Crippen LogP contribution in [0.3, 0.4) is 0 Å². The van der Waals surface area contributed by atoms with Crippen molar-refractivity contribution in [2.45, 2.75) is 70.4 Å². The van der Waals surface area contributed by atoms with E-state index in [2.05, 4.69) is 20.5 Å². The number of amides is 3. The van der Waals surface area contributed by atoms with Gasteiger partial charge in [0, 0.05) is 32.7 Å². The van der Waals surface area contributed by atoms with E-state index in [-0.39, 0.29) is 38.0 Å². The molecule has 0 aliphatic rings. The highest BCUT2D eigenvalue weighted by Gasteiger charge is 2.27. The molecular formula is C23H34N3O11P. The van der Waals surface area contributed by atoms with Gasteiger partial charge in [0.25, 0.3) is 0 Å². The van der Waals surface area contributed by atoms with Gasteiger partial charge < -0.3 is 30.7 Å². The van der Waals surface area contributed by atoms with Gasteiger partial charge in [0.15, 0.2) is 0 Å². The molecule has 0 unspecified atom stereocenters. The van der Waals surface area contributed by atoms with Gasteiger partial charge in [-0.2, -0.15) is 0 Å². The molecule has 0 heterocycles. The van der Waals surface area contributed by atoms with Crippen LogP contribution in [0, 0.1) is 0 Å². The van der Waals surface area contributed by atoms with Gasteiger partial charge in [0.2, 0.25) is 17.7 Å². The van der Waals surface area contributed by atoms with Crippen LogP contribution in [0.2, 0.25) is 0 Å². The highest BCUT2D eigenvalue weighted by atomic mass is 31.2. The molecule has 1 rings (SSSR count). The summed E-state index contributed by atoms with van der Waals surface area (Å²) in [4.78, 5) is 76.7. The van der Waals surface area contributed by atoms with Crippen molar-refractivity contribution in [3.05, 3.63) is 29.8 Å². The highest BCUT2D eigenvalue weighted by Crippen LogP contribution is 2.37. The number of rotatable bonds is 18. The summed E-state index contributed by atoms with van der Waals surface area (Å²) in [6.07, 6.45) is 1.90. The first-order chi connectivity index (χ1) is 17.8. The fourth-order valence-electron chi connectivity index (χ4n) is 3.41. The Balaban J connectivity index is 2.80. The maximum atomic E-state index is 13.0. The van der Waals surface area contributed by atoms with Crippen LogP contribution in [0.1, 0.15) is 57.4 Å². The molecule has 0 fully saturated rings. The van der Waals surface area contributed by atoms with E-state index < -0.39 is 49.6 Å². The molecular weight excluding hydrogens is 525 g/mol. The lowest BCUT2D eigenvalue weighted by molar-refractivity contribution is -0.138. The zero-order chi connectivity index (χ0) is 28.7. The number of phosphoric acid groups is 1. The standard InChI is InChI=1S/C23H34N3O11P/c1-15(27)25-19(14-16-7-9-17(10-8-16)37-38(34,35)36)23(33)26-18(11-12-21(30)31)22(32)24-13-5-3-2-4-6-20(28)29/h7-10,18-19H,2-6,11-14H2,1H3,(H,24,32)(H,25,27)(H,26,33)(H,28,29)(H,30,31)(H2,34,35,36)/t18-,19-/m0/s1. The van der Waals surface area contributed by atoms with Crippen LogP contribution in [0.4, 0.5) is 0 Å². The Labute approximate surface area is 219 Å². The summed E-state index contributed by atoms with van der Waals surface area (Å²) in [5.74, 6) is -3.98. The van der Waals surface area contributed by atoms with E-state index in [1.807, 2.05) is 0 Å². The molecule has 2 atom stereocenters. The van der Waals surface area contributed by atoms with Crippen molar-refractivity contribution in [1.29, 1.82) is 0 Å². The lowest BCUT2D eigenvalue weighted by Gasteiger charge is -2.23. The molecule has 0 bridgehead atoms. The summed E-state index contributed by atoms with van der Waals surface area (Å²) in [6, 6.07) is 3.14. The molecule has 0 saturated carbocycles. The van der Waals surface area contributed by atoms with E-state index in [9.17, 15) is 28.5 Å². The number of carbonyl (C=O) groups is 5. The molecule has 0 saturated heterocycles. The second-order valence-corrected chi connectivity index (χ2v) is 9.69. The third-order valence-corrected chi connectivity index (χ3v) is 5.63. The van der Waals surface area contributed by atoms with Crippen LogP contribution < -0.4 is 20.5 Å². The number of nitrogens with one attached hydrogen (secondary N) is 3. The molecule has 0 aromatic heterocycles. The van der Waals surface area contributed by atoms with Gasteiger partial charge in [-0.05, 0) is 37.0 Å². The molecule has 0 radical (unpaired) electrons. The smallest absolute Gasteiger partial charge is 0.481 e. The van der Waals surface area contributed by atoms with Crippen LogP contribution in [0.15, 0.2) is 24.3 Å². The first-order valence-electron chi connectivity index (χ1n) is 11.9. The fraction of sp³-hybridized carbons (Fsp3) is 0.522. The molecule has 14 nitrogen and oxygen atoms in total. The van der Waals surface area contributed by atoms with Gasteiger partial charge in [-0.25, -0.2) is 4.57 Å². The number of aliphatic carboxylic acids is 2. The molecule has 0 aliphatic heterocycles. The van der Waals surface area contributed by atoms with Crippen LogP contribution in [-0.4, -0.2) is 68.3 Å². The first-order valence-corrected chi connectivity index (χ1v) is 13.4. The van der Waals surface area contributed by atoms with Gasteiger partial charge in [-0.15, -0.1) is 0 Å².